The predicted octanol–water partition coefficient (Wildman–Crippen LogP) is 0.164. The third kappa shape index (κ3) is 1.46. The zero-order chi connectivity index (χ0) is 14.4. The van der Waals surface area contributed by atoms with Gasteiger partial charge in [-0.1, -0.05) is 11.6 Å². The van der Waals surface area contributed by atoms with Crippen LogP contribution in [0, 0.1) is 0 Å². The summed E-state index contributed by atoms with van der Waals surface area (Å²) in [6.45, 7) is 0. The molecule has 0 saturated carbocycles. The van der Waals surface area contributed by atoms with E-state index in [2.05, 4.69) is 15.0 Å². The van der Waals surface area contributed by atoms with Crippen LogP contribution in [0.4, 0.5) is 5.82 Å². The molecule has 3 heterocycles. The molecular weight excluding hydrogens is 256 g/mol. The van der Waals surface area contributed by atoms with Crippen molar-refractivity contribution in [3.05, 3.63) is 47.1 Å². The summed E-state index contributed by atoms with van der Waals surface area (Å²) < 4.78 is 14.8. The average Bonchev–Trinajstić information content (AvgIpc) is 2.65. The maximum atomic E-state index is 12.2. The lowest BCUT2D eigenvalue weighted by Gasteiger charge is -2.01. The molecule has 2 aromatic rings. The van der Waals surface area contributed by atoms with Crippen molar-refractivity contribution in [2.45, 2.75) is 0 Å². The van der Waals surface area contributed by atoms with Gasteiger partial charge >= 0.3 is 17.5 Å². The van der Waals surface area contributed by atoms with E-state index in [0.29, 0.717) is 5.02 Å². The van der Waals surface area contributed by atoms with Crippen molar-refractivity contribution in [1.82, 2.24) is 4.98 Å². The van der Waals surface area contributed by atoms with E-state index in [1.807, 2.05) is 0 Å². The Morgan fingerprint density at radius 2 is 2.11 bits per heavy atom. The third-order valence-corrected chi connectivity index (χ3v) is 2.70. The summed E-state index contributed by atoms with van der Waals surface area (Å²) in [6, 6.07) is 3.01. The average molecular weight is 265 g/mol. The van der Waals surface area contributed by atoms with Gasteiger partial charge in [-0.05, 0) is 6.07 Å². The minimum Gasteiger partial charge on any atom is -0.245 e. The first kappa shape index (κ1) is 8.71. The van der Waals surface area contributed by atoms with Gasteiger partial charge in [-0.25, -0.2) is 24.5 Å². The Kier molecular flexibility index (Phi) is 1.86. The van der Waals surface area contributed by atoms with Crippen molar-refractivity contribution in [3.63, 3.8) is 0 Å². The molecule has 0 aliphatic carbocycles. The van der Waals surface area contributed by atoms with Crippen LogP contribution in [0.25, 0.3) is 0 Å². The summed E-state index contributed by atoms with van der Waals surface area (Å²) in [6.07, 6.45) is 0.710. The first-order chi connectivity index (χ1) is 9.49. The number of amides is 2. The summed E-state index contributed by atoms with van der Waals surface area (Å²) in [5.41, 5.74) is -0.265. The number of anilines is 1. The topological polar surface area (TPSA) is 78.6 Å². The van der Waals surface area contributed by atoms with Gasteiger partial charge in [0, 0.05) is 6.07 Å². The number of rotatable bonds is 1. The Morgan fingerprint density at radius 1 is 1.28 bits per heavy atom. The number of aromatic nitrogens is 3. The van der Waals surface area contributed by atoms with Gasteiger partial charge < -0.3 is 0 Å². The van der Waals surface area contributed by atoms with Crippen LogP contribution in [-0.2, 0) is 0 Å². The van der Waals surface area contributed by atoms with Crippen LogP contribution in [0.1, 0.15) is 23.7 Å². The molecule has 0 aromatic carbocycles. The molecule has 0 radical (unpaired) electrons. The summed E-state index contributed by atoms with van der Waals surface area (Å²) in [7, 11) is 0. The van der Waals surface area contributed by atoms with Crippen LogP contribution < -0.4 is 14.9 Å². The Bertz CT molecular complexity index is 710. The smallest absolute Gasteiger partial charge is 0.245 e. The van der Waals surface area contributed by atoms with Crippen molar-refractivity contribution < 1.29 is 22.3 Å². The molecule has 6 nitrogen and oxygen atoms in total. The van der Waals surface area contributed by atoms with E-state index < -0.39 is 18.0 Å². The highest BCUT2D eigenvalue weighted by molar-refractivity contribution is 6.32. The fourth-order valence-electron chi connectivity index (χ4n) is 1.66. The van der Waals surface area contributed by atoms with Gasteiger partial charge in [0.1, 0.15) is 7.57 Å². The quantitative estimate of drug-likeness (QED) is 0.689. The van der Waals surface area contributed by atoms with Crippen LogP contribution in [0.5, 0.6) is 0 Å². The van der Waals surface area contributed by atoms with Crippen LogP contribution in [0.3, 0.4) is 0 Å². The van der Waals surface area contributed by atoms with Gasteiger partial charge in [-0.15, -0.1) is 4.90 Å². The molecular formula is C11H7ClN4O2+2. The summed E-state index contributed by atoms with van der Waals surface area (Å²) in [5, 5.41) is 0.428. The molecule has 3 rings (SSSR count). The molecule has 2 aromatic heterocycles. The Hall–Kier alpha value is -2.34. The lowest BCUT2D eigenvalue weighted by molar-refractivity contribution is -0.383. The van der Waals surface area contributed by atoms with Crippen LogP contribution in [0.2, 0.25) is 5.02 Å². The first-order valence-corrected chi connectivity index (χ1v) is 5.33. The molecule has 1 aliphatic rings. The van der Waals surface area contributed by atoms with Crippen LogP contribution in [0.15, 0.2) is 30.7 Å². The van der Waals surface area contributed by atoms with Crippen LogP contribution in [-0.4, -0.2) is 16.8 Å². The van der Waals surface area contributed by atoms with Gasteiger partial charge in [-0.2, -0.15) is 0 Å². The Labute approximate surface area is 109 Å². The monoisotopic (exact) mass is 264 g/mol. The van der Waals surface area contributed by atoms with Gasteiger partial charge in [0.05, 0.1) is 12.6 Å². The van der Waals surface area contributed by atoms with E-state index >= 15 is 0 Å². The second kappa shape index (κ2) is 3.85. The maximum absolute atomic E-state index is 12.2. The number of hydrogen-bond acceptors (Lipinski definition) is 3. The summed E-state index contributed by atoms with van der Waals surface area (Å²) >= 11 is 5.73. The highest BCUT2D eigenvalue weighted by Crippen LogP contribution is 2.21. The summed E-state index contributed by atoms with van der Waals surface area (Å²) in [4.78, 5) is 34.1. The molecule has 0 fully saturated rings. The second-order valence-corrected chi connectivity index (χ2v) is 3.97. The molecule has 88 valence electrons. The normalized spacial score (nSPS) is 15.5. The Morgan fingerprint density at radius 3 is 2.83 bits per heavy atom. The number of halogens is 1. The molecule has 2 amide bonds. The second-order valence-electron chi connectivity index (χ2n) is 3.54. The van der Waals surface area contributed by atoms with E-state index in [4.69, 9.17) is 14.3 Å². The number of nitrogens with one attached hydrogen (secondary N) is 2. The minimum absolute atomic E-state index is 0.0978. The van der Waals surface area contributed by atoms with E-state index in [1.165, 1.54) is 18.3 Å². The molecule has 0 spiro atoms. The fraction of sp³-hybridized carbons (Fsp3) is 0. The SMILES string of the molecule is [2H]c1nc2c([nH+]c1[2H])C(=O)N(c1ccc(Cl)c[nH+]1)C2=O. The molecule has 0 bridgehead atoms. The number of fused-ring (bicyclic) bond motifs is 1. The fourth-order valence-corrected chi connectivity index (χ4v) is 1.78. The lowest BCUT2D eigenvalue weighted by atomic mass is 10.3. The minimum atomic E-state index is -0.659. The molecule has 7 heteroatoms. The van der Waals surface area contributed by atoms with Crippen LogP contribution >= 0.6 is 11.6 Å². The van der Waals surface area contributed by atoms with Crippen molar-refractivity contribution in [2.24, 2.45) is 0 Å². The van der Waals surface area contributed by atoms with Gasteiger partial charge in [0.2, 0.25) is 5.69 Å². The molecule has 18 heavy (non-hydrogen) atoms. The summed E-state index contributed by atoms with van der Waals surface area (Å²) in [5.74, 6) is -1.06. The van der Waals surface area contributed by atoms with E-state index in [0.717, 1.165) is 4.90 Å². The molecule has 0 unspecified atom stereocenters. The number of carbonyl (C=O) groups is 2. The number of H-pyrrole nitrogens is 2. The maximum Gasteiger partial charge on any atom is 0.416 e. The lowest BCUT2D eigenvalue weighted by Crippen LogP contribution is -2.35. The number of carbonyl (C=O) groups excluding carboxylic acids is 2. The largest absolute Gasteiger partial charge is 0.416 e. The third-order valence-electron chi connectivity index (χ3n) is 2.47. The molecule has 0 atom stereocenters. The zero-order valence-corrected chi connectivity index (χ0v) is 9.58. The van der Waals surface area contributed by atoms with Crippen molar-refractivity contribution in [3.8, 4) is 0 Å². The van der Waals surface area contributed by atoms with Crippen molar-refractivity contribution in [2.75, 3.05) is 4.90 Å². The van der Waals surface area contributed by atoms with E-state index in [1.54, 1.807) is 0 Å². The number of imide groups is 1. The Balaban J connectivity index is 2.12. The van der Waals surface area contributed by atoms with Gasteiger partial charge in [0.25, 0.3) is 5.82 Å². The van der Waals surface area contributed by atoms with Gasteiger partial charge in [-0.3, -0.25) is 0 Å². The zero-order valence-electron chi connectivity index (χ0n) is 10.8. The molecule has 1 aliphatic heterocycles. The molecule has 2 N–H and O–H groups in total. The van der Waals surface area contributed by atoms with Crippen molar-refractivity contribution in [1.29, 1.82) is 0 Å². The number of hydrogen-bond donors (Lipinski definition) is 0. The van der Waals surface area contributed by atoms with E-state index in [-0.39, 0.29) is 23.4 Å². The number of aromatic amines is 2. The van der Waals surface area contributed by atoms with Gasteiger partial charge in [0.15, 0.2) is 6.17 Å². The number of nitrogens with zero attached hydrogens (tertiary/aromatic N) is 2. The van der Waals surface area contributed by atoms with E-state index in [9.17, 15) is 9.59 Å². The standard InChI is InChI=1S/C11H5ClN4O2/c12-6-1-2-7(15-5-6)16-10(17)8-9(11(16)18)14-4-3-13-8/h1-5H/p+2/i3D,4D. The first-order valence-electron chi connectivity index (χ1n) is 5.95. The van der Waals surface area contributed by atoms with Crippen molar-refractivity contribution >= 4 is 29.2 Å². The predicted molar refractivity (Wildman–Crippen MR) is 59.9 cm³/mol. The highest BCUT2D eigenvalue weighted by atomic mass is 35.5. The highest BCUT2D eigenvalue weighted by Gasteiger charge is 2.50. The number of pyridine rings is 1. The molecule has 0 saturated heterocycles.